The zero-order valence-corrected chi connectivity index (χ0v) is 7.26. The van der Waals surface area contributed by atoms with E-state index < -0.39 is 0 Å². The summed E-state index contributed by atoms with van der Waals surface area (Å²) >= 11 is 1.14. The molecule has 5 heteroatoms. The summed E-state index contributed by atoms with van der Waals surface area (Å²) in [6.45, 7) is 0. The second kappa shape index (κ2) is 2.60. The Morgan fingerprint density at radius 1 is 1.33 bits per heavy atom. The molecule has 0 aliphatic heterocycles. The fraction of sp³-hybridized carbons (Fsp3) is 0.143. The maximum atomic E-state index is 5.67. The number of rotatable bonds is 1. The normalized spacial score (nSPS) is 10.4. The van der Waals surface area contributed by atoms with E-state index >= 15 is 0 Å². The van der Waals surface area contributed by atoms with Crippen LogP contribution >= 0.6 is 11.7 Å². The molecule has 12 heavy (non-hydrogen) atoms. The summed E-state index contributed by atoms with van der Waals surface area (Å²) in [5.74, 6) is 0.716. The molecular formula is C7H7N3OS. The maximum Gasteiger partial charge on any atom is 0.148 e. The number of nitrogens with two attached hydrogens (primary N) is 1. The Morgan fingerprint density at radius 2 is 2.08 bits per heavy atom. The van der Waals surface area contributed by atoms with Gasteiger partial charge in [-0.3, -0.25) is 0 Å². The molecule has 0 saturated heterocycles. The van der Waals surface area contributed by atoms with Gasteiger partial charge in [-0.15, -0.1) is 0 Å². The quantitative estimate of drug-likeness (QED) is 0.673. The Balaban J connectivity index is 2.82. The van der Waals surface area contributed by atoms with Crippen LogP contribution in [0.3, 0.4) is 0 Å². The average Bonchev–Trinajstić information content (AvgIpc) is 2.54. The number of hydrogen-bond acceptors (Lipinski definition) is 5. The van der Waals surface area contributed by atoms with Crippen LogP contribution in [0.2, 0.25) is 0 Å². The van der Waals surface area contributed by atoms with E-state index in [2.05, 4.69) is 8.75 Å². The van der Waals surface area contributed by atoms with Crippen LogP contribution in [0.5, 0.6) is 5.75 Å². The Morgan fingerprint density at radius 3 is 2.83 bits per heavy atom. The number of benzene rings is 1. The van der Waals surface area contributed by atoms with Crippen molar-refractivity contribution in [3.63, 3.8) is 0 Å². The number of nitrogen functional groups attached to an aromatic ring is 1. The molecule has 2 aromatic rings. The number of aromatic nitrogens is 2. The van der Waals surface area contributed by atoms with Gasteiger partial charge < -0.3 is 10.5 Å². The van der Waals surface area contributed by atoms with Gasteiger partial charge in [-0.25, -0.2) is 0 Å². The molecule has 62 valence electrons. The van der Waals surface area contributed by atoms with Gasteiger partial charge in [-0.2, -0.15) is 8.75 Å². The molecule has 0 unspecified atom stereocenters. The van der Waals surface area contributed by atoms with Gasteiger partial charge in [0.25, 0.3) is 0 Å². The standard InChI is InChI=1S/C7H7N3OS/c1-11-5-3-2-4(8)6-7(5)10-12-9-6/h2-3H,8H2,1H3. The summed E-state index contributed by atoms with van der Waals surface area (Å²) in [5.41, 5.74) is 7.77. The monoisotopic (exact) mass is 181 g/mol. The molecule has 0 fully saturated rings. The van der Waals surface area contributed by atoms with E-state index in [-0.39, 0.29) is 0 Å². The first-order valence-electron chi connectivity index (χ1n) is 3.37. The zero-order chi connectivity index (χ0) is 8.55. The van der Waals surface area contributed by atoms with Gasteiger partial charge in [-0.1, -0.05) is 0 Å². The third-order valence-electron chi connectivity index (χ3n) is 1.63. The SMILES string of the molecule is COc1ccc(N)c2nsnc12. The molecular weight excluding hydrogens is 174 g/mol. The van der Waals surface area contributed by atoms with Crippen molar-refractivity contribution in [3.8, 4) is 5.75 Å². The van der Waals surface area contributed by atoms with Crippen LogP contribution in [-0.4, -0.2) is 15.9 Å². The molecule has 2 N–H and O–H groups in total. The molecule has 0 atom stereocenters. The van der Waals surface area contributed by atoms with E-state index in [1.54, 1.807) is 19.2 Å². The van der Waals surface area contributed by atoms with Gasteiger partial charge >= 0.3 is 0 Å². The lowest BCUT2D eigenvalue weighted by Crippen LogP contribution is -1.89. The largest absolute Gasteiger partial charge is 0.494 e. The molecule has 1 heterocycles. The van der Waals surface area contributed by atoms with Crippen LogP contribution in [0.15, 0.2) is 12.1 Å². The van der Waals surface area contributed by atoms with E-state index in [0.29, 0.717) is 11.4 Å². The van der Waals surface area contributed by atoms with Crippen LogP contribution in [0.1, 0.15) is 0 Å². The van der Waals surface area contributed by atoms with Gasteiger partial charge in [-0.05, 0) is 12.1 Å². The minimum absolute atomic E-state index is 0.638. The van der Waals surface area contributed by atoms with E-state index in [9.17, 15) is 0 Å². The first-order chi connectivity index (χ1) is 5.83. The fourth-order valence-electron chi connectivity index (χ4n) is 1.03. The van der Waals surface area contributed by atoms with Crippen molar-refractivity contribution in [2.24, 2.45) is 0 Å². The third kappa shape index (κ3) is 0.902. The lowest BCUT2D eigenvalue weighted by molar-refractivity contribution is 0.419. The third-order valence-corrected chi connectivity index (χ3v) is 2.16. The van der Waals surface area contributed by atoms with Gasteiger partial charge in [0.1, 0.15) is 16.8 Å². The molecule has 0 radical (unpaired) electrons. The molecule has 4 nitrogen and oxygen atoms in total. The van der Waals surface area contributed by atoms with Crippen molar-refractivity contribution < 1.29 is 4.74 Å². The zero-order valence-electron chi connectivity index (χ0n) is 6.44. The molecule has 1 aromatic carbocycles. The number of fused-ring (bicyclic) bond motifs is 1. The summed E-state index contributed by atoms with van der Waals surface area (Å²) in [6, 6.07) is 3.56. The summed E-state index contributed by atoms with van der Waals surface area (Å²) in [6.07, 6.45) is 0. The highest BCUT2D eigenvalue weighted by molar-refractivity contribution is 7.00. The number of nitrogens with zero attached hydrogens (tertiary/aromatic N) is 2. The van der Waals surface area contributed by atoms with Crippen molar-refractivity contribution in [2.75, 3.05) is 12.8 Å². The second-order valence-corrected chi connectivity index (χ2v) is 2.85. The number of ether oxygens (including phenoxy) is 1. The van der Waals surface area contributed by atoms with Crippen LogP contribution in [0.4, 0.5) is 5.69 Å². The number of methoxy groups -OCH3 is 1. The molecule has 0 aliphatic rings. The van der Waals surface area contributed by atoms with Gasteiger partial charge in [0.05, 0.1) is 24.5 Å². The van der Waals surface area contributed by atoms with E-state index in [1.165, 1.54) is 0 Å². The van der Waals surface area contributed by atoms with E-state index in [1.807, 2.05) is 0 Å². The first kappa shape index (κ1) is 7.30. The Bertz CT molecular complexity index is 412. The highest BCUT2D eigenvalue weighted by Gasteiger charge is 2.07. The summed E-state index contributed by atoms with van der Waals surface area (Å²) in [5, 5.41) is 0. The molecule has 0 spiro atoms. The van der Waals surface area contributed by atoms with Gasteiger partial charge in [0.15, 0.2) is 0 Å². The minimum Gasteiger partial charge on any atom is -0.494 e. The molecule has 2 rings (SSSR count). The average molecular weight is 181 g/mol. The molecule has 1 aromatic heterocycles. The molecule has 0 saturated carbocycles. The van der Waals surface area contributed by atoms with E-state index in [4.69, 9.17) is 10.5 Å². The Hall–Kier alpha value is -1.36. The second-order valence-electron chi connectivity index (χ2n) is 2.32. The van der Waals surface area contributed by atoms with Gasteiger partial charge in [0, 0.05) is 0 Å². The highest BCUT2D eigenvalue weighted by atomic mass is 32.1. The lowest BCUT2D eigenvalue weighted by atomic mass is 10.2. The van der Waals surface area contributed by atoms with Crippen molar-refractivity contribution in [1.82, 2.24) is 8.75 Å². The Kier molecular flexibility index (Phi) is 1.58. The predicted molar refractivity (Wildman–Crippen MR) is 48.4 cm³/mol. The summed E-state index contributed by atoms with van der Waals surface area (Å²) in [4.78, 5) is 0. The fourth-order valence-corrected chi connectivity index (χ4v) is 1.60. The Labute approximate surface area is 73.3 Å². The summed E-state index contributed by atoms with van der Waals surface area (Å²) < 4.78 is 13.2. The molecule has 0 amide bonds. The topological polar surface area (TPSA) is 61.0 Å². The maximum absolute atomic E-state index is 5.67. The van der Waals surface area contributed by atoms with Gasteiger partial charge in [0.2, 0.25) is 0 Å². The number of hydrogen-bond donors (Lipinski definition) is 1. The highest BCUT2D eigenvalue weighted by Crippen LogP contribution is 2.27. The summed E-state index contributed by atoms with van der Waals surface area (Å²) in [7, 11) is 1.60. The molecule has 0 bridgehead atoms. The van der Waals surface area contributed by atoms with Crippen molar-refractivity contribution in [1.29, 1.82) is 0 Å². The predicted octanol–water partition coefficient (Wildman–Crippen LogP) is 1.28. The van der Waals surface area contributed by atoms with Crippen LogP contribution in [0.25, 0.3) is 11.0 Å². The van der Waals surface area contributed by atoms with Crippen molar-refractivity contribution in [3.05, 3.63) is 12.1 Å². The van der Waals surface area contributed by atoms with Crippen molar-refractivity contribution in [2.45, 2.75) is 0 Å². The van der Waals surface area contributed by atoms with Crippen molar-refractivity contribution >= 4 is 28.4 Å². The van der Waals surface area contributed by atoms with Crippen LogP contribution < -0.4 is 10.5 Å². The van der Waals surface area contributed by atoms with E-state index in [0.717, 1.165) is 22.8 Å². The molecule has 0 aliphatic carbocycles. The smallest absolute Gasteiger partial charge is 0.148 e. The first-order valence-corrected chi connectivity index (χ1v) is 4.10. The minimum atomic E-state index is 0.638. The lowest BCUT2D eigenvalue weighted by Gasteiger charge is -1.99. The number of anilines is 1. The van der Waals surface area contributed by atoms with Crippen LogP contribution in [-0.2, 0) is 0 Å². The van der Waals surface area contributed by atoms with Crippen LogP contribution in [0, 0.1) is 0 Å².